The van der Waals surface area contributed by atoms with Crippen LogP contribution in [0.4, 0.5) is 0 Å². The number of aryl methyl sites for hydroxylation is 1. The van der Waals surface area contributed by atoms with Gasteiger partial charge in [-0.05, 0) is 18.6 Å². The third-order valence-corrected chi connectivity index (χ3v) is 2.73. The molecule has 1 aromatic rings. The van der Waals surface area contributed by atoms with Gasteiger partial charge in [0.15, 0.2) is 9.84 Å². The minimum atomic E-state index is -3.41. The van der Waals surface area contributed by atoms with Gasteiger partial charge in [-0.3, -0.25) is 4.79 Å². The third kappa shape index (κ3) is 1.55. The van der Waals surface area contributed by atoms with E-state index in [9.17, 15) is 13.2 Å². The maximum absolute atomic E-state index is 11.1. The van der Waals surface area contributed by atoms with Gasteiger partial charge in [-0.2, -0.15) is 0 Å². The molecule has 0 atom stereocenters. The van der Waals surface area contributed by atoms with Crippen LogP contribution >= 0.6 is 0 Å². The van der Waals surface area contributed by atoms with Crippen LogP contribution in [0.15, 0.2) is 22.0 Å². The fraction of sp³-hybridized carbons (Fsp3) is 0.286. The number of pyridine rings is 1. The Balaban J connectivity index is 3.65. The monoisotopic (exact) mass is 187 g/mol. The SMILES string of the molecule is Cc1cc[nH]c(=O)c1S(C)(=O)=O. The first-order valence-corrected chi connectivity index (χ1v) is 5.20. The first kappa shape index (κ1) is 8.99. The molecule has 5 heteroatoms. The summed E-state index contributed by atoms with van der Waals surface area (Å²) in [4.78, 5) is 13.2. The molecule has 0 spiro atoms. The molecule has 4 nitrogen and oxygen atoms in total. The van der Waals surface area contributed by atoms with Crippen molar-refractivity contribution in [1.82, 2.24) is 4.98 Å². The summed E-state index contributed by atoms with van der Waals surface area (Å²) in [7, 11) is -3.41. The van der Waals surface area contributed by atoms with Crippen molar-refractivity contribution in [2.24, 2.45) is 0 Å². The largest absolute Gasteiger partial charge is 0.328 e. The van der Waals surface area contributed by atoms with Crippen LogP contribution in [0.2, 0.25) is 0 Å². The Morgan fingerprint density at radius 2 is 2.00 bits per heavy atom. The summed E-state index contributed by atoms with van der Waals surface area (Å²) in [6.45, 7) is 1.59. The van der Waals surface area contributed by atoms with Crippen LogP contribution in [0.1, 0.15) is 5.56 Å². The van der Waals surface area contributed by atoms with Crippen molar-refractivity contribution in [3.05, 3.63) is 28.2 Å². The molecule has 0 bridgehead atoms. The Morgan fingerprint density at radius 3 is 2.33 bits per heavy atom. The zero-order valence-electron chi connectivity index (χ0n) is 6.79. The fourth-order valence-electron chi connectivity index (χ4n) is 1.02. The summed E-state index contributed by atoms with van der Waals surface area (Å²) in [6, 6.07) is 1.55. The average Bonchev–Trinajstić information content (AvgIpc) is 1.82. The van der Waals surface area contributed by atoms with Gasteiger partial charge < -0.3 is 4.98 Å². The number of rotatable bonds is 1. The van der Waals surface area contributed by atoms with Gasteiger partial charge in [0.2, 0.25) is 0 Å². The van der Waals surface area contributed by atoms with Crippen molar-refractivity contribution < 1.29 is 8.42 Å². The fourth-order valence-corrected chi connectivity index (χ4v) is 2.07. The number of aromatic nitrogens is 1. The number of hydrogen-bond donors (Lipinski definition) is 1. The molecule has 0 aliphatic rings. The van der Waals surface area contributed by atoms with Gasteiger partial charge in [-0.1, -0.05) is 0 Å². The second-order valence-corrected chi connectivity index (χ2v) is 4.54. The van der Waals surface area contributed by atoms with Crippen molar-refractivity contribution in [2.75, 3.05) is 6.26 Å². The highest BCUT2D eigenvalue weighted by Gasteiger charge is 2.14. The van der Waals surface area contributed by atoms with E-state index in [0.717, 1.165) is 6.26 Å². The summed E-state index contributed by atoms with van der Waals surface area (Å²) in [5.74, 6) is 0. The smallest absolute Gasteiger partial charge is 0.266 e. The molecule has 0 fully saturated rings. The molecule has 0 saturated heterocycles. The highest BCUT2D eigenvalue weighted by Crippen LogP contribution is 2.06. The van der Waals surface area contributed by atoms with Crippen molar-refractivity contribution in [3.63, 3.8) is 0 Å². The number of aromatic amines is 1. The first-order valence-electron chi connectivity index (χ1n) is 3.31. The number of hydrogen-bond acceptors (Lipinski definition) is 3. The molecule has 0 aliphatic carbocycles. The molecule has 0 unspecified atom stereocenters. The zero-order valence-corrected chi connectivity index (χ0v) is 7.60. The van der Waals surface area contributed by atoms with Gasteiger partial charge in [0.1, 0.15) is 4.90 Å². The van der Waals surface area contributed by atoms with E-state index in [1.807, 2.05) is 0 Å². The minimum absolute atomic E-state index is 0.148. The van der Waals surface area contributed by atoms with E-state index >= 15 is 0 Å². The van der Waals surface area contributed by atoms with E-state index in [1.54, 1.807) is 13.0 Å². The molecule has 1 heterocycles. The maximum Gasteiger partial charge on any atom is 0.266 e. The molecule has 12 heavy (non-hydrogen) atoms. The molecule has 0 aliphatic heterocycles. The lowest BCUT2D eigenvalue weighted by Crippen LogP contribution is -2.17. The molecule has 66 valence electrons. The predicted octanol–water partition coefficient (Wildman–Crippen LogP) is 0.0868. The van der Waals surface area contributed by atoms with Crippen molar-refractivity contribution in [3.8, 4) is 0 Å². The molecule has 1 aromatic heterocycles. The van der Waals surface area contributed by atoms with Gasteiger partial charge in [-0.15, -0.1) is 0 Å². The van der Waals surface area contributed by atoms with E-state index in [4.69, 9.17) is 0 Å². The van der Waals surface area contributed by atoms with E-state index in [0.29, 0.717) is 5.56 Å². The van der Waals surface area contributed by atoms with Crippen LogP contribution in [-0.4, -0.2) is 19.7 Å². The summed E-state index contributed by atoms with van der Waals surface area (Å²) < 4.78 is 22.1. The van der Waals surface area contributed by atoms with Crippen LogP contribution in [0.3, 0.4) is 0 Å². The zero-order chi connectivity index (χ0) is 9.35. The van der Waals surface area contributed by atoms with Crippen LogP contribution in [0, 0.1) is 6.92 Å². The molecule has 0 aromatic carbocycles. The minimum Gasteiger partial charge on any atom is -0.328 e. The molecule has 0 radical (unpaired) electrons. The normalized spacial score (nSPS) is 11.5. The lowest BCUT2D eigenvalue weighted by atomic mass is 10.3. The summed E-state index contributed by atoms with van der Waals surface area (Å²) in [5.41, 5.74) is -0.0845. The molecule has 0 amide bonds. The lowest BCUT2D eigenvalue weighted by Gasteiger charge is -1.99. The van der Waals surface area contributed by atoms with Gasteiger partial charge in [0.25, 0.3) is 5.56 Å². The van der Waals surface area contributed by atoms with Gasteiger partial charge >= 0.3 is 0 Å². The standard InChI is InChI=1S/C7H9NO3S/c1-5-3-4-8-7(9)6(5)12(2,10)11/h3-4H,1-2H3,(H,8,9). The number of H-pyrrole nitrogens is 1. The van der Waals surface area contributed by atoms with Crippen molar-refractivity contribution in [1.29, 1.82) is 0 Å². The van der Waals surface area contributed by atoms with E-state index in [1.165, 1.54) is 6.20 Å². The molecular weight excluding hydrogens is 178 g/mol. The molecule has 0 saturated carbocycles. The van der Waals surface area contributed by atoms with Crippen LogP contribution in [-0.2, 0) is 9.84 Å². The van der Waals surface area contributed by atoms with Gasteiger partial charge in [0, 0.05) is 12.5 Å². The quantitative estimate of drug-likeness (QED) is 0.677. The van der Waals surface area contributed by atoms with Gasteiger partial charge in [-0.25, -0.2) is 8.42 Å². The van der Waals surface area contributed by atoms with Crippen LogP contribution in [0.25, 0.3) is 0 Å². The summed E-state index contributed by atoms with van der Waals surface area (Å²) in [5, 5.41) is 0. The van der Waals surface area contributed by atoms with Crippen LogP contribution in [0.5, 0.6) is 0 Å². The van der Waals surface area contributed by atoms with E-state index < -0.39 is 15.4 Å². The summed E-state index contributed by atoms with van der Waals surface area (Å²) >= 11 is 0. The maximum atomic E-state index is 11.1. The number of sulfone groups is 1. The highest BCUT2D eigenvalue weighted by molar-refractivity contribution is 7.90. The van der Waals surface area contributed by atoms with Crippen molar-refractivity contribution >= 4 is 9.84 Å². The Kier molecular flexibility index (Phi) is 2.06. The third-order valence-electron chi connectivity index (χ3n) is 1.48. The first-order chi connectivity index (χ1) is 5.43. The van der Waals surface area contributed by atoms with E-state index in [-0.39, 0.29) is 4.90 Å². The number of nitrogens with one attached hydrogen (secondary N) is 1. The Hall–Kier alpha value is -1.10. The van der Waals surface area contributed by atoms with Gasteiger partial charge in [0.05, 0.1) is 0 Å². The lowest BCUT2D eigenvalue weighted by molar-refractivity contribution is 0.600. The molecule has 1 rings (SSSR count). The second kappa shape index (κ2) is 2.75. The Labute approximate surface area is 70.2 Å². The topological polar surface area (TPSA) is 67.0 Å². The molecule has 1 N–H and O–H groups in total. The highest BCUT2D eigenvalue weighted by atomic mass is 32.2. The second-order valence-electron chi connectivity index (χ2n) is 2.59. The summed E-state index contributed by atoms with van der Waals surface area (Å²) in [6.07, 6.45) is 2.44. The molecular formula is C7H9NO3S. The van der Waals surface area contributed by atoms with Crippen molar-refractivity contribution in [2.45, 2.75) is 11.8 Å². The van der Waals surface area contributed by atoms with E-state index in [2.05, 4.69) is 4.98 Å². The average molecular weight is 187 g/mol. The Morgan fingerprint density at radius 1 is 1.42 bits per heavy atom. The predicted molar refractivity (Wildman–Crippen MR) is 44.9 cm³/mol. The Bertz CT molecular complexity index is 444. The van der Waals surface area contributed by atoms with Crippen LogP contribution < -0.4 is 5.56 Å².